The number of hydrogen-bond acceptors (Lipinski definition) is 3. The minimum absolute atomic E-state index is 0.282. The van der Waals surface area contributed by atoms with Crippen molar-refractivity contribution in [1.29, 1.82) is 0 Å². The van der Waals surface area contributed by atoms with Crippen LogP contribution in [0.25, 0.3) is 16.7 Å². The number of imidazole rings is 1. The Morgan fingerprint density at radius 2 is 1.91 bits per heavy atom. The van der Waals surface area contributed by atoms with Gasteiger partial charge in [-0.25, -0.2) is 9.78 Å². The van der Waals surface area contributed by atoms with Crippen molar-refractivity contribution < 1.29 is 4.42 Å². The van der Waals surface area contributed by atoms with E-state index < -0.39 is 0 Å². The van der Waals surface area contributed by atoms with E-state index >= 15 is 0 Å². The minimum Gasteiger partial charge on any atom is -0.427 e. The lowest BCUT2D eigenvalue weighted by molar-refractivity contribution is 0.355. The number of fused-ring (bicyclic) bond motifs is 1. The molecule has 112 valence electrons. The second-order valence-corrected chi connectivity index (χ2v) is 5.98. The predicted molar refractivity (Wildman–Crippen MR) is 85.4 cm³/mol. The summed E-state index contributed by atoms with van der Waals surface area (Å²) in [7, 11) is 0. The van der Waals surface area contributed by atoms with Crippen molar-refractivity contribution in [3.63, 3.8) is 0 Å². The van der Waals surface area contributed by atoms with Gasteiger partial charge >= 0.3 is 5.63 Å². The van der Waals surface area contributed by atoms with E-state index in [9.17, 15) is 4.79 Å². The van der Waals surface area contributed by atoms with E-state index in [1.165, 1.54) is 19.3 Å². The largest absolute Gasteiger partial charge is 0.427 e. The van der Waals surface area contributed by atoms with Crippen LogP contribution in [0.2, 0.25) is 0 Å². The Bertz CT molecular complexity index is 857. The standard InChI is InChI=1S/C18H18N2O2/c21-18-11-14(10-17(22-18)13-6-2-1-3-7-13)20-12-19-15-8-4-5-9-16(15)20/h4-5,8-13H,1-3,6-7H2. The summed E-state index contributed by atoms with van der Waals surface area (Å²) in [4.78, 5) is 16.4. The molecular formula is C18H18N2O2. The summed E-state index contributed by atoms with van der Waals surface area (Å²) in [6.07, 6.45) is 7.70. The van der Waals surface area contributed by atoms with E-state index in [0.717, 1.165) is 35.3 Å². The van der Waals surface area contributed by atoms with E-state index in [2.05, 4.69) is 4.98 Å². The molecule has 1 fully saturated rings. The van der Waals surface area contributed by atoms with Gasteiger partial charge in [0.15, 0.2) is 0 Å². The summed E-state index contributed by atoms with van der Waals surface area (Å²) >= 11 is 0. The molecule has 4 heteroatoms. The number of aromatic nitrogens is 2. The smallest absolute Gasteiger partial charge is 0.337 e. The molecule has 3 aromatic rings. The lowest BCUT2D eigenvalue weighted by Gasteiger charge is -2.20. The van der Waals surface area contributed by atoms with Gasteiger partial charge in [-0.2, -0.15) is 0 Å². The Morgan fingerprint density at radius 3 is 2.77 bits per heavy atom. The summed E-state index contributed by atoms with van der Waals surface area (Å²) in [5, 5.41) is 0. The first-order valence-corrected chi connectivity index (χ1v) is 7.89. The molecule has 4 rings (SSSR count). The molecule has 0 amide bonds. The highest BCUT2D eigenvalue weighted by Crippen LogP contribution is 2.33. The maximum absolute atomic E-state index is 12.0. The summed E-state index contributed by atoms with van der Waals surface area (Å²) in [5.74, 6) is 1.19. The summed E-state index contributed by atoms with van der Waals surface area (Å²) < 4.78 is 7.44. The van der Waals surface area contributed by atoms with Crippen molar-refractivity contribution in [1.82, 2.24) is 9.55 Å². The molecule has 0 atom stereocenters. The van der Waals surface area contributed by atoms with Crippen LogP contribution in [-0.4, -0.2) is 9.55 Å². The summed E-state index contributed by atoms with van der Waals surface area (Å²) in [6.45, 7) is 0. The molecule has 1 aromatic carbocycles. The molecule has 1 aliphatic carbocycles. The van der Waals surface area contributed by atoms with Crippen LogP contribution in [0.4, 0.5) is 0 Å². The van der Waals surface area contributed by atoms with Crippen molar-refractivity contribution in [3.05, 3.63) is 58.9 Å². The Hall–Kier alpha value is -2.36. The maximum atomic E-state index is 12.0. The third-order valence-electron chi connectivity index (χ3n) is 4.51. The molecule has 2 aromatic heterocycles. The normalized spacial score (nSPS) is 16.2. The van der Waals surface area contributed by atoms with Gasteiger partial charge in [-0.3, -0.25) is 4.57 Å². The molecule has 0 N–H and O–H groups in total. The number of para-hydroxylation sites is 2. The fourth-order valence-electron chi connectivity index (χ4n) is 3.38. The Labute approximate surface area is 128 Å². The van der Waals surface area contributed by atoms with E-state index in [4.69, 9.17) is 4.42 Å². The van der Waals surface area contributed by atoms with Gasteiger partial charge in [0.1, 0.15) is 12.1 Å². The van der Waals surface area contributed by atoms with Gasteiger partial charge in [0.05, 0.1) is 16.7 Å². The molecular weight excluding hydrogens is 276 g/mol. The second-order valence-electron chi connectivity index (χ2n) is 5.98. The van der Waals surface area contributed by atoms with Crippen LogP contribution < -0.4 is 5.63 Å². The van der Waals surface area contributed by atoms with Crippen LogP contribution in [-0.2, 0) is 0 Å². The maximum Gasteiger partial charge on any atom is 0.337 e. The molecule has 0 unspecified atom stereocenters. The van der Waals surface area contributed by atoms with E-state index in [-0.39, 0.29) is 5.63 Å². The molecule has 1 aliphatic rings. The quantitative estimate of drug-likeness (QED) is 0.717. The second kappa shape index (κ2) is 5.44. The fraction of sp³-hybridized carbons (Fsp3) is 0.333. The minimum atomic E-state index is -0.282. The Balaban J connectivity index is 1.81. The summed E-state index contributed by atoms with van der Waals surface area (Å²) in [5.41, 5.74) is 2.49. The van der Waals surface area contributed by atoms with Crippen LogP contribution in [0.5, 0.6) is 0 Å². The van der Waals surface area contributed by atoms with Crippen molar-refractivity contribution in [2.75, 3.05) is 0 Å². The average molecular weight is 294 g/mol. The highest BCUT2D eigenvalue weighted by Gasteiger charge is 2.19. The number of hydrogen-bond donors (Lipinski definition) is 0. The third kappa shape index (κ3) is 2.34. The monoisotopic (exact) mass is 294 g/mol. The molecule has 0 bridgehead atoms. The molecule has 22 heavy (non-hydrogen) atoms. The third-order valence-corrected chi connectivity index (χ3v) is 4.51. The highest BCUT2D eigenvalue weighted by molar-refractivity contribution is 5.77. The number of rotatable bonds is 2. The fourth-order valence-corrected chi connectivity index (χ4v) is 3.38. The zero-order chi connectivity index (χ0) is 14.9. The van der Waals surface area contributed by atoms with Gasteiger partial charge in [-0.1, -0.05) is 31.4 Å². The van der Waals surface area contributed by atoms with E-state index in [0.29, 0.717) is 5.92 Å². The number of benzene rings is 1. The lowest BCUT2D eigenvalue weighted by Crippen LogP contribution is -2.10. The van der Waals surface area contributed by atoms with Crippen LogP contribution in [0.3, 0.4) is 0 Å². The average Bonchev–Trinajstić information content (AvgIpc) is 2.99. The molecule has 2 heterocycles. The highest BCUT2D eigenvalue weighted by atomic mass is 16.4. The molecule has 0 aliphatic heterocycles. The molecule has 0 spiro atoms. The SMILES string of the molecule is O=c1cc(-n2cnc3ccccc32)cc(C2CCCCC2)o1. The van der Waals surface area contributed by atoms with E-state index in [1.807, 2.05) is 34.9 Å². The van der Waals surface area contributed by atoms with Crippen LogP contribution >= 0.6 is 0 Å². The Morgan fingerprint density at radius 1 is 1.09 bits per heavy atom. The van der Waals surface area contributed by atoms with Gasteiger partial charge in [-0.05, 0) is 25.0 Å². The van der Waals surface area contributed by atoms with Crippen molar-refractivity contribution in [2.45, 2.75) is 38.0 Å². The topological polar surface area (TPSA) is 48.0 Å². The first-order valence-electron chi connectivity index (χ1n) is 7.89. The van der Waals surface area contributed by atoms with Gasteiger partial charge in [-0.15, -0.1) is 0 Å². The lowest BCUT2D eigenvalue weighted by atomic mass is 9.87. The van der Waals surface area contributed by atoms with Crippen molar-refractivity contribution in [2.24, 2.45) is 0 Å². The zero-order valence-electron chi connectivity index (χ0n) is 12.4. The van der Waals surface area contributed by atoms with E-state index in [1.54, 1.807) is 12.4 Å². The van der Waals surface area contributed by atoms with Crippen molar-refractivity contribution in [3.8, 4) is 5.69 Å². The Kier molecular flexibility index (Phi) is 3.29. The van der Waals surface area contributed by atoms with Crippen LogP contribution in [0, 0.1) is 0 Å². The first kappa shape index (κ1) is 13.3. The number of nitrogens with zero attached hydrogens (tertiary/aromatic N) is 2. The van der Waals surface area contributed by atoms with Crippen LogP contribution in [0.15, 0.2) is 51.9 Å². The first-order chi connectivity index (χ1) is 10.8. The molecule has 4 nitrogen and oxygen atoms in total. The molecule has 0 radical (unpaired) electrons. The van der Waals surface area contributed by atoms with Gasteiger partial charge < -0.3 is 4.42 Å². The summed E-state index contributed by atoms with van der Waals surface area (Å²) in [6, 6.07) is 11.5. The van der Waals surface area contributed by atoms with Gasteiger partial charge in [0.2, 0.25) is 0 Å². The predicted octanol–water partition coefficient (Wildman–Crippen LogP) is 4.03. The zero-order valence-corrected chi connectivity index (χ0v) is 12.4. The van der Waals surface area contributed by atoms with Crippen molar-refractivity contribution >= 4 is 11.0 Å². The molecule has 1 saturated carbocycles. The van der Waals surface area contributed by atoms with Crippen LogP contribution in [0.1, 0.15) is 43.8 Å². The molecule has 0 saturated heterocycles. The van der Waals surface area contributed by atoms with Gasteiger partial charge in [0.25, 0.3) is 0 Å². The van der Waals surface area contributed by atoms with Gasteiger partial charge in [0, 0.05) is 18.1 Å².